The van der Waals surface area contributed by atoms with Gasteiger partial charge in [0, 0.05) is 18.4 Å². The second kappa shape index (κ2) is 5.80. The Labute approximate surface area is 140 Å². The van der Waals surface area contributed by atoms with Gasteiger partial charge in [-0.05, 0) is 36.1 Å². The van der Waals surface area contributed by atoms with Gasteiger partial charge in [-0.25, -0.2) is 0 Å². The molecule has 2 aromatic carbocycles. The number of hydrogen-bond donors (Lipinski definition) is 2. The van der Waals surface area contributed by atoms with Crippen LogP contribution < -0.4 is 5.32 Å². The first kappa shape index (κ1) is 15.0. The highest BCUT2D eigenvalue weighted by molar-refractivity contribution is 5.96. The average Bonchev–Trinajstić information content (AvgIpc) is 3.04. The summed E-state index contributed by atoms with van der Waals surface area (Å²) in [7, 11) is 0. The third kappa shape index (κ3) is 2.81. The van der Waals surface area contributed by atoms with Crippen LogP contribution >= 0.6 is 0 Å². The number of aryl methyl sites for hydroxylation is 1. The fourth-order valence-electron chi connectivity index (χ4n) is 3.36. The number of fused-ring (bicyclic) bond motifs is 2. The van der Waals surface area contributed by atoms with Crippen LogP contribution in [0, 0.1) is 0 Å². The Balaban J connectivity index is 1.45. The monoisotopic (exact) mass is 321 g/mol. The molecular weight excluding hydrogens is 302 g/mol. The zero-order valence-electron chi connectivity index (χ0n) is 13.3. The van der Waals surface area contributed by atoms with Crippen molar-refractivity contribution in [3.05, 3.63) is 71.5 Å². The molecule has 0 spiro atoms. The molecule has 1 aromatic heterocycles. The van der Waals surface area contributed by atoms with E-state index in [-0.39, 0.29) is 18.2 Å². The highest BCUT2D eigenvalue weighted by Gasteiger charge is 2.32. The zero-order chi connectivity index (χ0) is 16.6. The molecule has 3 aromatic rings. The van der Waals surface area contributed by atoms with Crippen LogP contribution in [0.15, 0.2) is 59.0 Å². The van der Waals surface area contributed by atoms with Crippen LogP contribution in [-0.2, 0) is 12.8 Å². The Kier molecular flexibility index (Phi) is 3.62. The van der Waals surface area contributed by atoms with Gasteiger partial charge in [0.05, 0.1) is 5.60 Å². The molecular formula is C20H19NO3. The third-order valence-corrected chi connectivity index (χ3v) is 4.72. The van der Waals surface area contributed by atoms with Crippen LogP contribution in [0.25, 0.3) is 11.0 Å². The molecule has 0 fully saturated rings. The predicted octanol–water partition coefficient (Wildman–Crippen LogP) is 3.08. The predicted molar refractivity (Wildman–Crippen MR) is 92.0 cm³/mol. The minimum Gasteiger partial charge on any atom is -0.451 e. The van der Waals surface area contributed by atoms with E-state index in [1.165, 1.54) is 5.56 Å². The molecule has 4 heteroatoms. The maximum absolute atomic E-state index is 12.3. The Bertz CT molecular complexity index is 866. The number of nitrogens with one attached hydrogen (secondary N) is 1. The number of furan rings is 1. The lowest BCUT2D eigenvalue weighted by molar-refractivity contribution is 0.0256. The first-order valence-corrected chi connectivity index (χ1v) is 8.19. The summed E-state index contributed by atoms with van der Waals surface area (Å²) >= 11 is 0. The number of benzene rings is 2. The van der Waals surface area contributed by atoms with E-state index < -0.39 is 5.60 Å². The number of rotatable bonds is 3. The van der Waals surface area contributed by atoms with Crippen LogP contribution in [0.5, 0.6) is 0 Å². The Hall–Kier alpha value is -2.59. The summed E-state index contributed by atoms with van der Waals surface area (Å²) in [6, 6.07) is 17.4. The van der Waals surface area contributed by atoms with E-state index in [0.717, 1.165) is 17.4 Å². The summed E-state index contributed by atoms with van der Waals surface area (Å²) in [4.78, 5) is 12.3. The van der Waals surface area contributed by atoms with Crippen molar-refractivity contribution in [2.75, 3.05) is 6.54 Å². The highest BCUT2D eigenvalue weighted by atomic mass is 16.3. The number of para-hydroxylation sites is 1. The number of hydrogen-bond acceptors (Lipinski definition) is 3. The molecule has 0 unspecified atom stereocenters. The van der Waals surface area contributed by atoms with E-state index in [4.69, 9.17) is 4.42 Å². The van der Waals surface area contributed by atoms with E-state index in [2.05, 4.69) is 11.4 Å². The summed E-state index contributed by atoms with van der Waals surface area (Å²) in [6.07, 6.45) is 2.03. The minimum absolute atomic E-state index is 0.219. The number of amides is 1. The molecule has 0 aliphatic heterocycles. The van der Waals surface area contributed by atoms with Crippen molar-refractivity contribution in [2.24, 2.45) is 0 Å². The van der Waals surface area contributed by atoms with Crippen LogP contribution in [0.1, 0.15) is 28.1 Å². The molecule has 4 rings (SSSR count). The van der Waals surface area contributed by atoms with Gasteiger partial charge in [0.2, 0.25) is 0 Å². The quantitative estimate of drug-likeness (QED) is 0.779. The number of aliphatic hydroxyl groups is 1. The van der Waals surface area contributed by atoms with Gasteiger partial charge in [0.25, 0.3) is 5.91 Å². The van der Waals surface area contributed by atoms with Gasteiger partial charge >= 0.3 is 0 Å². The second-order valence-corrected chi connectivity index (χ2v) is 6.50. The fourth-order valence-corrected chi connectivity index (χ4v) is 3.36. The van der Waals surface area contributed by atoms with Crippen LogP contribution in [0.3, 0.4) is 0 Å². The molecule has 1 aliphatic rings. The van der Waals surface area contributed by atoms with Gasteiger partial charge in [-0.2, -0.15) is 0 Å². The molecule has 4 nitrogen and oxygen atoms in total. The molecule has 0 saturated heterocycles. The summed E-state index contributed by atoms with van der Waals surface area (Å²) in [5, 5.41) is 14.5. The van der Waals surface area contributed by atoms with Crippen LogP contribution in [-0.4, -0.2) is 23.2 Å². The zero-order valence-corrected chi connectivity index (χ0v) is 13.3. The second-order valence-electron chi connectivity index (χ2n) is 6.50. The van der Waals surface area contributed by atoms with Crippen LogP contribution in [0.2, 0.25) is 0 Å². The van der Waals surface area contributed by atoms with Gasteiger partial charge in [0.15, 0.2) is 5.76 Å². The fraction of sp³-hybridized carbons (Fsp3) is 0.250. The molecule has 1 amide bonds. The molecule has 0 bridgehead atoms. The van der Waals surface area contributed by atoms with Crippen molar-refractivity contribution in [1.29, 1.82) is 0 Å². The maximum atomic E-state index is 12.3. The lowest BCUT2D eigenvalue weighted by Crippen LogP contribution is -2.46. The Morgan fingerprint density at radius 2 is 1.88 bits per heavy atom. The van der Waals surface area contributed by atoms with Crippen molar-refractivity contribution >= 4 is 16.9 Å². The molecule has 0 saturated carbocycles. The molecule has 2 N–H and O–H groups in total. The summed E-state index contributed by atoms with van der Waals surface area (Å²) in [6.45, 7) is 0.219. The third-order valence-electron chi connectivity index (χ3n) is 4.72. The van der Waals surface area contributed by atoms with Crippen LogP contribution in [0.4, 0.5) is 0 Å². The SMILES string of the molecule is O=C(NC[C@@]1(O)CCc2ccccc2C1)c1cc2ccccc2o1. The van der Waals surface area contributed by atoms with Crippen molar-refractivity contribution in [2.45, 2.75) is 24.9 Å². The van der Waals surface area contributed by atoms with E-state index in [1.54, 1.807) is 6.07 Å². The van der Waals surface area contributed by atoms with E-state index in [9.17, 15) is 9.90 Å². The first-order chi connectivity index (χ1) is 11.6. The van der Waals surface area contributed by atoms with Gasteiger partial charge in [-0.15, -0.1) is 0 Å². The Morgan fingerprint density at radius 1 is 1.12 bits per heavy atom. The summed E-state index contributed by atoms with van der Waals surface area (Å²) < 4.78 is 5.57. The molecule has 0 radical (unpaired) electrons. The van der Waals surface area contributed by atoms with Gasteiger partial charge in [-0.1, -0.05) is 42.5 Å². The van der Waals surface area contributed by atoms with Crippen molar-refractivity contribution in [3.63, 3.8) is 0 Å². The topological polar surface area (TPSA) is 62.5 Å². The lowest BCUT2D eigenvalue weighted by Gasteiger charge is -2.33. The van der Waals surface area contributed by atoms with E-state index in [0.29, 0.717) is 18.4 Å². The van der Waals surface area contributed by atoms with Crippen molar-refractivity contribution in [1.82, 2.24) is 5.32 Å². The minimum atomic E-state index is -0.907. The Morgan fingerprint density at radius 3 is 2.71 bits per heavy atom. The van der Waals surface area contributed by atoms with Gasteiger partial charge in [-0.3, -0.25) is 4.79 Å². The molecule has 1 aliphatic carbocycles. The summed E-state index contributed by atoms with van der Waals surface area (Å²) in [5.41, 5.74) is 2.22. The lowest BCUT2D eigenvalue weighted by atomic mass is 9.80. The smallest absolute Gasteiger partial charge is 0.287 e. The standard InChI is InChI=1S/C20H19NO3/c22-19(18-11-15-6-3-4-8-17(15)24-18)21-13-20(23)10-9-14-5-1-2-7-16(14)12-20/h1-8,11,23H,9-10,12-13H2,(H,21,22)/t20-/m1/s1. The highest BCUT2D eigenvalue weighted by Crippen LogP contribution is 2.28. The normalized spacial score (nSPS) is 19.9. The molecule has 1 heterocycles. The largest absolute Gasteiger partial charge is 0.451 e. The summed E-state index contributed by atoms with van der Waals surface area (Å²) in [5.74, 6) is -0.0190. The van der Waals surface area contributed by atoms with Gasteiger partial charge < -0.3 is 14.8 Å². The van der Waals surface area contributed by atoms with E-state index in [1.807, 2.05) is 42.5 Å². The molecule has 1 atom stereocenters. The first-order valence-electron chi connectivity index (χ1n) is 8.19. The average molecular weight is 321 g/mol. The maximum Gasteiger partial charge on any atom is 0.287 e. The van der Waals surface area contributed by atoms with Crippen molar-refractivity contribution in [3.8, 4) is 0 Å². The van der Waals surface area contributed by atoms with Gasteiger partial charge in [0.1, 0.15) is 5.58 Å². The van der Waals surface area contributed by atoms with E-state index >= 15 is 0 Å². The molecule has 24 heavy (non-hydrogen) atoms. The van der Waals surface area contributed by atoms with Crippen molar-refractivity contribution < 1.29 is 14.3 Å². The molecule has 122 valence electrons. The number of carbonyl (C=O) groups excluding carboxylic acids is 1. The number of carbonyl (C=O) groups is 1.